The first-order chi connectivity index (χ1) is 20.4. The monoisotopic (exact) mass is 566 g/mol. The molecule has 0 radical (unpaired) electrons. The average molecular weight is 567 g/mol. The topological polar surface area (TPSA) is 111 Å². The summed E-state index contributed by atoms with van der Waals surface area (Å²) in [6.07, 6.45) is 9.39. The highest BCUT2D eigenvalue weighted by Crippen LogP contribution is 2.37. The molecule has 0 spiro atoms. The molecule has 11 nitrogen and oxygen atoms in total. The SMILES string of the molecule is CCc1cnn(C2(CC#N)CN(c3cccn4nc(Nc5ccc(C(=O)N(C)CC6CCN(C)CC6)cc5)nc34)C2)c1. The molecule has 218 valence electrons. The van der Waals surface area contributed by atoms with E-state index in [0.29, 0.717) is 36.9 Å². The van der Waals surface area contributed by atoms with Crippen LogP contribution in [0.1, 0.15) is 42.1 Å². The highest BCUT2D eigenvalue weighted by atomic mass is 16.2. The Balaban J connectivity index is 1.12. The third-order valence-corrected chi connectivity index (χ3v) is 8.70. The number of nitrogens with zero attached hydrogens (tertiary/aromatic N) is 9. The van der Waals surface area contributed by atoms with Gasteiger partial charge in [0.1, 0.15) is 5.54 Å². The minimum atomic E-state index is -0.351. The number of carbonyl (C=O) groups excluding carboxylic acids is 1. The van der Waals surface area contributed by atoms with Gasteiger partial charge in [-0.1, -0.05) is 6.92 Å². The number of aromatic nitrogens is 5. The molecule has 0 saturated carbocycles. The Morgan fingerprint density at radius 3 is 2.64 bits per heavy atom. The Morgan fingerprint density at radius 2 is 1.95 bits per heavy atom. The molecule has 2 aliphatic rings. The van der Waals surface area contributed by atoms with Gasteiger partial charge in [0, 0.05) is 50.3 Å². The Bertz CT molecular complexity index is 1590. The van der Waals surface area contributed by atoms with E-state index in [4.69, 9.17) is 4.98 Å². The molecule has 42 heavy (non-hydrogen) atoms. The van der Waals surface area contributed by atoms with Crippen molar-refractivity contribution >= 4 is 28.9 Å². The second kappa shape index (κ2) is 11.4. The smallest absolute Gasteiger partial charge is 0.253 e. The van der Waals surface area contributed by atoms with Gasteiger partial charge in [0.15, 0.2) is 5.65 Å². The lowest BCUT2D eigenvalue weighted by atomic mass is 9.86. The predicted molar refractivity (Wildman–Crippen MR) is 162 cm³/mol. The number of fused-ring (bicyclic) bond motifs is 1. The van der Waals surface area contributed by atoms with Gasteiger partial charge in [-0.15, -0.1) is 5.10 Å². The normalized spacial score (nSPS) is 17.1. The summed E-state index contributed by atoms with van der Waals surface area (Å²) in [5.41, 5.74) is 3.99. The van der Waals surface area contributed by atoms with Gasteiger partial charge >= 0.3 is 0 Å². The molecule has 0 aliphatic carbocycles. The van der Waals surface area contributed by atoms with E-state index in [2.05, 4.69) is 51.6 Å². The van der Waals surface area contributed by atoms with Crippen molar-refractivity contribution < 1.29 is 4.79 Å². The van der Waals surface area contributed by atoms with Gasteiger partial charge in [-0.3, -0.25) is 9.48 Å². The van der Waals surface area contributed by atoms with Crippen LogP contribution in [-0.2, 0) is 12.0 Å². The molecule has 1 aromatic carbocycles. The summed E-state index contributed by atoms with van der Waals surface area (Å²) in [6, 6.07) is 13.8. The number of amides is 1. The summed E-state index contributed by atoms with van der Waals surface area (Å²) in [5, 5.41) is 22.0. The molecule has 0 atom stereocenters. The van der Waals surface area contributed by atoms with Gasteiger partial charge in [0.2, 0.25) is 5.95 Å². The van der Waals surface area contributed by atoms with Gasteiger partial charge in [0.05, 0.1) is 24.4 Å². The molecule has 0 unspecified atom stereocenters. The van der Waals surface area contributed by atoms with Crippen LogP contribution in [0.3, 0.4) is 0 Å². The third-order valence-electron chi connectivity index (χ3n) is 8.70. The number of nitrogens with one attached hydrogen (secondary N) is 1. The van der Waals surface area contributed by atoms with Gasteiger partial charge in [-0.2, -0.15) is 15.3 Å². The number of hydrogen-bond acceptors (Lipinski definition) is 8. The van der Waals surface area contributed by atoms with Gasteiger partial charge in [-0.25, -0.2) is 4.52 Å². The molecule has 0 bridgehead atoms. The number of hydrogen-bond donors (Lipinski definition) is 1. The number of benzene rings is 1. The second-order valence-corrected chi connectivity index (χ2v) is 11.8. The molecular formula is C31H38N10O. The van der Waals surface area contributed by atoms with Crippen LogP contribution in [-0.4, -0.2) is 86.9 Å². The first-order valence-corrected chi connectivity index (χ1v) is 14.7. The van der Waals surface area contributed by atoms with Crippen LogP contribution in [0.2, 0.25) is 0 Å². The standard InChI is InChI=1S/C31H38N10O/c1-4-23-18-33-41(20-23)31(13-14-32)21-39(22-31)27-6-5-15-40-28(27)35-30(36-40)34-26-9-7-25(8-10-26)29(42)38(3)19-24-11-16-37(2)17-12-24/h5-10,15,18,20,24H,4,11-13,16-17,19,21-22H2,1-3H3,(H,34,36). The van der Waals surface area contributed by atoms with E-state index >= 15 is 0 Å². The number of rotatable bonds is 9. The summed E-state index contributed by atoms with van der Waals surface area (Å²) >= 11 is 0. The van der Waals surface area contributed by atoms with Crippen LogP contribution in [0, 0.1) is 17.2 Å². The highest BCUT2D eigenvalue weighted by molar-refractivity contribution is 5.94. The maximum absolute atomic E-state index is 13.0. The zero-order chi connectivity index (χ0) is 29.3. The van der Waals surface area contributed by atoms with E-state index in [-0.39, 0.29) is 11.4 Å². The van der Waals surface area contributed by atoms with E-state index in [0.717, 1.165) is 61.5 Å². The number of likely N-dealkylation sites (tertiary alicyclic amines) is 1. The minimum Gasteiger partial charge on any atom is -0.363 e. The lowest BCUT2D eigenvalue weighted by molar-refractivity contribution is 0.0747. The van der Waals surface area contributed by atoms with E-state index in [1.807, 2.05) is 65.4 Å². The summed E-state index contributed by atoms with van der Waals surface area (Å²) < 4.78 is 3.73. The molecule has 2 fully saturated rings. The van der Waals surface area contributed by atoms with Crippen molar-refractivity contribution in [1.29, 1.82) is 5.26 Å². The molecule has 3 aromatic heterocycles. The van der Waals surface area contributed by atoms with Crippen LogP contribution in [0.15, 0.2) is 55.0 Å². The van der Waals surface area contributed by atoms with Crippen molar-refractivity contribution in [3.05, 3.63) is 66.1 Å². The third kappa shape index (κ3) is 5.42. The molecule has 6 rings (SSSR count). The first-order valence-electron chi connectivity index (χ1n) is 14.7. The van der Waals surface area contributed by atoms with Crippen molar-refractivity contribution in [3.8, 4) is 6.07 Å². The van der Waals surface area contributed by atoms with E-state index in [1.54, 1.807) is 4.52 Å². The Labute approximate surface area is 246 Å². The average Bonchev–Trinajstić information content (AvgIpc) is 3.63. The van der Waals surface area contributed by atoms with E-state index in [9.17, 15) is 10.1 Å². The maximum Gasteiger partial charge on any atom is 0.253 e. The molecule has 2 aliphatic heterocycles. The van der Waals surface area contributed by atoms with Crippen LogP contribution >= 0.6 is 0 Å². The lowest BCUT2D eigenvalue weighted by Crippen LogP contribution is -2.63. The van der Waals surface area contributed by atoms with Crippen LogP contribution in [0.4, 0.5) is 17.3 Å². The van der Waals surface area contributed by atoms with Crippen LogP contribution < -0.4 is 10.2 Å². The van der Waals surface area contributed by atoms with E-state index in [1.165, 1.54) is 0 Å². The number of nitriles is 1. The van der Waals surface area contributed by atoms with Crippen molar-refractivity contribution in [2.75, 3.05) is 57.0 Å². The summed E-state index contributed by atoms with van der Waals surface area (Å²) in [6.45, 7) is 6.42. The Hall–Kier alpha value is -4.43. The fourth-order valence-electron chi connectivity index (χ4n) is 6.07. The molecule has 4 aromatic rings. The van der Waals surface area contributed by atoms with Crippen molar-refractivity contribution in [1.82, 2.24) is 34.2 Å². The molecule has 1 amide bonds. The fourth-order valence-corrected chi connectivity index (χ4v) is 6.07. The minimum absolute atomic E-state index is 0.0408. The molecule has 5 heterocycles. The second-order valence-electron chi connectivity index (χ2n) is 11.8. The number of piperidine rings is 1. The zero-order valence-corrected chi connectivity index (χ0v) is 24.6. The maximum atomic E-state index is 13.0. The predicted octanol–water partition coefficient (Wildman–Crippen LogP) is 3.77. The summed E-state index contributed by atoms with van der Waals surface area (Å²) in [5.74, 6) is 1.07. The van der Waals surface area contributed by atoms with Crippen LogP contribution in [0.25, 0.3) is 5.65 Å². The molecular weight excluding hydrogens is 528 g/mol. The molecule has 11 heteroatoms. The summed E-state index contributed by atoms with van der Waals surface area (Å²) in [7, 11) is 4.05. The van der Waals surface area contributed by atoms with Gasteiger partial charge < -0.3 is 20.0 Å². The molecule has 2 saturated heterocycles. The number of aryl methyl sites for hydroxylation is 1. The van der Waals surface area contributed by atoms with Crippen molar-refractivity contribution in [2.24, 2.45) is 5.92 Å². The van der Waals surface area contributed by atoms with Gasteiger partial charge in [-0.05, 0) is 87.3 Å². The highest BCUT2D eigenvalue weighted by Gasteiger charge is 2.46. The quantitative estimate of drug-likeness (QED) is 0.326. The van der Waals surface area contributed by atoms with Crippen LogP contribution in [0.5, 0.6) is 0 Å². The number of carbonyl (C=O) groups is 1. The number of anilines is 3. The van der Waals surface area contributed by atoms with Crippen molar-refractivity contribution in [3.63, 3.8) is 0 Å². The first kappa shape index (κ1) is 27.7. The zero-order valence-electron chi connectivity index (χ0n) is 24.6. The summed E-state index contributed by atoms with van der Waals surface area (Å²) in [4.78, 5) is 24.2. The van der Waals surface area contributed by atoms with E-state index < -0.39 is 0 Å². The fraction of sp³-hybridized carbons (Fsp3) is 0.452. The largest absolute Gasteiger partial charge is 0.363 e. The van der Waals surface area contributed by atoms with Gasteiger partial charge in [0.25, 0.3) is 5.91 Å². The van der Waals surface area contributed by atoms with Crippen molar-refractivity contribution in [2.45, 2.75) is 38.1 Å². The lowest BCUT2D eigenvalue weighted by Gasteiger charge is -2.50. The molecule has 1 N–H and O–H groups in total. The Kier molecular flexibility index (Phi) is 7.56. The number of pyridine rings is 1. The Morgan fingerprint density at radius 1 is 1.19 bits per heavy atom.